The van der Waals surface area contributed by atoms with Gasteiger partial charge >= 0.3 is 0 Å². The minimum atomic E-state index is -0.830. The molecule has 2 heterocycles. The van der Waals surface area contributed by atoms with Crippen molar-refractivity contribution >= 4 is 28.5 Å². The van der Waals surface area contributed by atoms with E-state index in [0.717, 1.165) is 5.52 Å². The topological polar surface area (TPSA) is 110 Å². The van der Waals surface area contributed by atoms with E-state index in [2.05, 4.69) is 10.3 Å². The fraction of sp³-hybridized carbons (Fsp3) is 0.357. The number of imide groups is 1. The number of nitrogens with zero attached hydrogens (tertiary/aromatic N) is 2. The summed E-state index contributed by atoms with van der Waals surface area (Å²) in [5, 5.41) is 12.3. The molecule has 0 spiro atoms. The first-order chi connectivity index (χ1) is 9.97. The van der Waals surface area contributed by atoms with E-state index in [-0.39, 0.29) is 18.2 Å². The Morgan fingerprint density at radius 2 is 2.24 bits per heavy atom. The largest absolute Gasteiger partial charge is 0.399 e. The van der Waals surface area contributed by atoms with Gasteiger partial charge in [-0.2, -0.15) is 0 Å². The average molecular weight is 288 g/mol. The van der Waals surface area contributed by atoms with Crippen LogP contribution in [0.4, 0.5) is 5.69 Å². The number of aliphatic hydroxyl groups excluding tert-OH is 1. The number of imidazole rings is 1. The van der Waals surface area contributed by atoms with Gasteiger partial charge in [0.15, 0.2) is 0 Å². The van der Waals surface area contributed by atoms with Crippen molar-refractivity contribution in [1.82, 2.24) is 14.9 Å². The normalized spacial score (nSPS) is 20.6. The van der Waals surface area contributed by atoms with Crippen molar-refractivity contribution in [2.45, 2.75) is 31.9 Å². The predicted molar refractivity (Wildman–Crippen MR) is 76.2 cm³/mol. The summed E-state index contributed by atoms with van der Waals surface area (Å²) in [6, 6.07) is 4.63. The van der Waals surface area contributed by atoms with Crippen LogP contribution in [0.5, 0.6) is 0 Å². The van der Waals surface area contributed by atoms with Crippen molar-refractivity contribution in [2.24, 2.45) is 0 Å². The highest BCUT2D eigenvalue weighted by Gasteiger charge is 2.31. The van der Waals surface area contributed by atoms with Gasteiger partial charge in [0.25, 0.3) is 0 Å². The molecule has 0 bridgehead atoms. The zero-order valence-electron chi connectivity index (χ0n) is 11.5. The summed E-state index contributed by atoms with van der Waals surface area (Å²) in [5.41, 5.74) is 7.65. The van der Waals surface area contributed by atoms with Crippen molar-refractivity contribution < 1.29 is 14.7 Å². The van der Waals surface area contributed by atoms with Gasteiger partial charge < -0.3 is 15.4 Å². The van der Waals surface area contributed by atoms with E-state index >= 15 is 0 Å². The number of nitrogen functional groups attached to an aromatic ring is 1. The smallest absolute Gasteiger partial charge is 0.249 e. The first kappa shape index (κ1) is 13.6. The SMILES string of the molecule is CC(O)c1nc2cc(N)ccc2n1C1CCC(=O)NC1=O. The van der Waals surface area contributed by atoms with Gasteiger partial charge in [0, 0.05) is 12.1 Å². The average Bonchev–Trinajstić information content (AvgIpc) is 2.77. The van der Waals surface area contributed by atoms with Crippen LogP contribution in [0.3, 0.4) is 0 Å². The summed E-state index contributed by atoms with van der Waals surface area (Å²) in [6.07, 6.45) is -0.172. The Balaban J connectivity index is 2.17. The van der Waals surface area contributed by atoms with Crippen molar-refractivity contribution in [3.05, 3.63) is 24.0 Å². The van der Waals surface area contributed by atoms with Crippen LogP contribution in [0.2, 0.25) is 0 Å². The first-order valence-corrected chi connectivity index (χ1v) is 6.76. The standard InChI is InChI=1S/C14H16N4O3/c1-7(19)13-16-9-6-8(15)2-3-10(9)18(13)11-4-5-12(20)17-14(11)21/h2-3,6-7,11,19H,4-5,15H2,1H3,(H,17,20,21). The number of nitrogens with two attached hydrogens (primary N) is 1. The molecular weight excluding hydrogens is 272 g/mol. The molecule has 2 unspecified atom stereocenters. The van der Waals surface area contributed by atoms with Crippen LogP contribution < -0.4 is 11.1 Å². The van der Waals surface area contributed by atoms with Gasteiger partial charge in [0.05, 0.1) is 11.0 Å². The minimum absolute atomic E-state index is 0.268. The molecule has 1 aliphatic rings. The molecule has 2 aromatic rings. The maximum Gasteiger partial charge on any atom is 0.249 e. The highest BCUT2D eigenvalue weighted by molar-refractivity contribution is 6.00. The summed E-state index contributed by atoms with van der Waals surface area (Å²) in [6.45, 7) is 1.59. The molecule has 7 nitrogen and oxygen atoms in total. The molecular formula is C14H16N4O3. The molecule has 110 valence electrons. The third-order valence-electron chi connectivity index (χ3n) is 3.64. The molecule has 21 heavy (non-hydrogen) atoms. The number of piperidine rings is 1. The van der Waals surface area contributed by atoms with E-state index in [1.54, 1.807) is 29.7 Å². The Bertz CT molecular complexity index is 735. The number of anilines is 1. The molecule has 2 atom stereocenters. The summed E-state index contributed by atoms with van der Waals surface area (Å²) in [4.78, 5) is 27.8. The van der Waals surface area contributed by atoms with E-state index in [0.29, 0.717) is 23.4 Å². The number of benzene rings is 1. The Morgan fingerprint density at radius 3 is 2.90 bits per heavy atom. The molecule has 1 aliphatic heterocycles. The molecule has 4 N–H and O–H groups in total. The lowest BCUT2D eigenvalue weighted by Crippen LogP contribution is -2.42. The number of carbonyl (C=O) groups is 2. The highest BCUT2D eigenvalue weighted by atomic mass is 16.3. The quantitative estimate of drug-likeness (QED) is 0.555. The maximum absolute atomic E-state index is 12.1. The van der Waals surface area contributed by atoms with E-state index < -0.39 is 12.1 Å². The third kappa shape index (κ3) is 2.25. The molecule has 1 fully saturated rings. The van der Waals surface area contributed by atoms with Gasteiger partial charge in [-0.3, -0.25) is 14.9 Å². The second-order valence-electron chi connectivity index (χ2n) is 5.23. The van der Waals surface area contributed by atoms with E-state index in [9.17, 15) is 14.7 Å². The molecule has 1 aromatic heterocycles. The summed E-state index contributed by atoms with van der Waals surface area (Å²) in [5.74, 6) is -0.252. The summed E-state index contributed by atoms with van der Waals surface area (Å²) in [7, 11) is 0. The lowest BCUT2D eigenvalue weighted by Gasteiger charge is -2.25. The van der Waals surface area contributed by atoms with E-state index in [4.69, 9.17) is 5.73 Å². The number of amides is 2. The van der Waals surface area contributed by atoms with Crippen LogP contribution in [-0.2, 0) is 9.59 Å². The lowest BCUT2D eigenvalue weighted by atomic mass is 10.1. The monoisotopic (exact) mass is 288 g/mol. The number of aromatic nitrogens is 2. The fourth-order valence-electron chi connectivity index (χ4n) is 2.69. The van der Waals surface area contributed by atoms with Crippen LogP contribution in [-0.4, -0.2) is 26.5 Å². The number of hydrogen-bond acceptors (Lipinski definition) is 5. The van der Waals surface area contributed by atoms with Crippen LogP contribution >= 0.6 is 0 Å². The van der Waals surface area contributed by atoms with Crippen molar-refractivity contribution in [2.75, 3.05) is 5.73 Å². The van der Waals surface area contributed by atoms with Crippen molar-refractivity contribution in [3.63, 3.8) is 0 Å². The molecule has 1 aromatic carbocycles. The second-order valence-corrected chi connectivity index (χ2v) is 5.23. The van der Waals surface area contributed by atoms with Crippen molar-refractivity contribution in [3.8, 4) is 0 Å². The Kier molecular flexibility index (Phi) is 3.13. The molecule has 3 rings (SSSR count). The number of aliphatic hydroxyl groups is 1. The van der Waals surface area contributed by atoms with E-state index in [1.165, 1.54) is 0 Å². The molecule has 7 heteroatoms. The molecule has 1 saturated heterocycles. The second kappa shape index (κ2) is 4.85. The van der Waals surface area contributed by atoms with Gasteiger partial charge in [-0.1, -0.05) is 0 Å². The van der Waals surface area contributed by atoms with Crippen LogP contribution in [0.25, 0.3) is 11.0 Å². The molecule has 2 amide bonds. The van der Waals surface area contributed by atoms with Gasteiger partial charge in [-0.05, 0) is 31.5 Å². The van der Waals surface area contributed by atoms with Gasteiger partial charge in [0.1, 0.15) is 18.0 Å². The zero-order valence-corrected chi connectivity index (χ0v) is 11.5. The Morgan fingerprint density at radius 1 is 1.48 bits per heavy atom. The number of hydrogen-bond donors (Lipinski definition) is 3. The molecule has 0 radical (unpaired) electrons. The summed E-state index contributed by atoms with van der Waals surface area (Å²) < 4.78 is 1.70. The van der Waals surface area contributed by atoms with Gasteiger partial charge in [-0.25, -0.2) is 4.98 Å². The fourth-order valence-corrected chi connectivity index (χ4v) is 2.69. The number of nitrogens with one attached hydrogen (secondary N) is 1. The van der Waals surface area contributed by atoms with E-state index in [1.807, 2.05) is 0 Å². The van der Waals surface area contributed by atoms with Crippen LogP contribution in [0, 0.1) is 0 Å². The Hall–Kier alpha value is -2.41. The summed E-state index contributed by atoms with van der Waals surface area (Å²) >= 11 is 0. The van der Waals surface area contributed by atoms with Crippen LogP contribution in [0.1, 0.15) is 37.7 Å². The maximum atomic E-state index is 12.1. The third-order valence-corrected chi connectivity index (χ3v) is 3.64. The molecule has 0 aliphatic carbocycles. The Labute approximate surface area is 120 Å². The zero-order chi connectivity index (χ0) is 15.1. The number of carbonyl (C=O) groups excluding carboxylic acids is 2. The predicted octanol–water partition coefficient (Wildman–Crippen LogP) is 0.649. The lowest BCUT2D eigenvalue weighted by molar-refractivity contribution is -0.135. The van der Waals surface area contributed by atoms with Crippen LogP contribution in [0.15, 0.2) is 18.2 Å². The number of rotatable bonds is 2. The highest BCUT2D eigenvalue weighted by Crippen LogP contribution is 2.30. The first-order valence-electron chi connectivity index (χ1n) is 6.76. The molecule has 0 saturated carbocycles. The van der Waals surface area contributed by atoms with Gasteiger partial charge in [-0.15, -0.1) is 0 Å². The van der Waals surface area contributed by atoms with Gasteiger partial charge in [0.2, 0.25) is 11.8 Å². The minimum Gasteiger partial charge on any atom is -0.399 e. The number of fused-ring (bicyclic) bond motifs is 1. The van der Waals surface area contributed by atoms with Crippen molar-refractivity contribution in [1.29, 1.82) is 0 Å².